The maximum atomic E-state index is 13.1. The third-order valence-electron chi connectivity index (χ3n) is 4.95. The lowest BCUT2D eigenvalue weighted by Crippen LogP contribution is -2.51. The summed E-state index contributed by atoms with van der Waals surface area (Å²) in [5.41, 5.74) is 1.95. The molecule has 1 aliphatic heterocycles. The van der Waals surface area contributed by atoms with Crippen LogP contribution in [-0.4, -0.2) is 56.3 Å². The number of benzene rings is 2. The third kappa shape index (κ3) is 4.96. The Kier molecular flexibility index (Phi) is 6.60. The molecule has 0 atom stereocenters. The molecule has 0 radical (unpaired) electrons. The van der Waals surface area contributed by atoms with Gasteiger partial charge in [0.05, 0.1) is 9.37 Å². The first-order valence-corrected chi connectivity index (χ1v) is 11.3. The number of nitrogens with zero attached hydrogens (tertiary/aromatic N) is 2. The van der Waals surface area contributed by atoms with Crippen molar-refractivity contribution in [3.8, 4) is 5.75 Å². The molecule has 156 valence electrons. The molecule has 0 aromatic heterocycles. The zero-order chi connectivity index (χ0) is 21.2. The summed E-state index contributed by atoms with van der Waals surface area (Å²) in [6.45, 7) is 4.64. The van der Waals surface area contributed by atoms with Gasteiger partial charge < -0.3 is 9.64 Å². The minimum absolute atomic E-state index is 0.200. The molecule has 9 heteroatoms. The van der Waals surface area contributed by atoms with Crippen molar-refractivity contribution >= 4 is 31.9 Å². The van der Waals surface area contributed by atoms with E-state index in [2.05, 4.69) is 15.9 Å². The molecular weight excluding hydrogens is 463 g/mol. The summed E-state index contributed by atoms with van der Waals surface area (Å²) in [6.07, 6.45) is 0. The highest BCUT2D eigenvalue weighted by atomic mass is 79.9. The molecule has 6 nitrogen and oxygen atoms in total. The number of halogens is 2. The van der Waals surface area contributed by atoms with Crippen molar-refractivity contribution in [1.29, 1.82) is 0 Å². The van der Waals surface area contributed by atoms with Crippen LogP contribution in [0, 0.1) is 19.7 Å². The van der Waals surface area contributed by atoms with E-state index in [9.17, 15) is 17.6 Å². The summed E-state index contributed by atoms with van der Waals surface area (Å²) in [4.78, 5) is 14.2. The monoisotopic (exact) mass is 484 g/mol. The van der Waals surface area contributed by atoms with E-state index in [1.54, 1.807) is 23.1 Å². The van der Waals surface area contributed by atoms with Gasteiger partial charge in [-0.1, -0.05) is 6.07 Å². The van der Waals surface area contributed by atoms with E-state index >= 15 is 0 Å². The van der Waals surface area contributed by atoms with Gasteiger partial charge in [-0.25, -0.2) is 12.8 Å². The Labute approximate surface area is 178 Å². The van der Waals surface area contributed by atoms with Crippen LogP contribution in [0.2, 0.25) is 0 Å². The lowest BCUT2D eigenvalue weighted by molar-refractivity contribution is -0.134. The number of hydrogen-bond donors (Lipinski definition) is 0. The number of hydrogen-bond acceptors (Lipinski definition) is 4. The highest BCUT2D eigenvalue weighted by molar-refractivity contribution is 9.10. The molecule has 1 fully saturated rings. The quantitative estimate of drug-likeness (QED) is 0.653. The molecule has 3 rings (SSSR count). The molecular formula is C20H22BrFN2O4S. The fraction of sp³-hybridized carbons (Fsp3) is 0.350. The molecule has 2 aromatic carbocycles. The van der Waals surface area contributed by atoms with Gasteiger partial charge in [-0.3, -0.25) is 4.79 Å². The molecule has 1 amide bonds. The van der Waals surface area contributed by atoms with Crippen LogP contribution in [0.25, 0.3) is 0 Å². The van der Waals surface area contributed by atoms with Gasteiger partial charge in [-0.15, -0.1) is 0 Å². The highest BCUT2D eigenvalue weighted by Gasteiger charge is 2.30. The molecule has 2 aromatic rings. The predicted molar refractivity (Wildman–Crippen MR) is 111 cm³/mol. The largest absolute Gasteiger partial charge is 0.483 e. The number of carbonyl (C=O) groups is 1. The summed E-state index contributed by atoms with van der Waals surface area (Å²) in [5.74, 6) is -0.281. The van der Waals surface area contributed by atoms with Crippen LogP contribution >= 0.6 is 15.9 Å². The van der Waals surface area contributed by atoms with E-state index in [0.717, 1.165) is 11.1 Å². The Bertz CT molecular complexity index is 1020. The van der Waals surface area contributed by atoms with Gasteiger partial charge in [-0.2, -0.15) is 4.31 Å². The van der Waals surface area contributed by atoms with Gasteiger partial charge in [0.1, 0.15) is 11.6 Å². The van der Waals surface area contributed by atoms with E-state index in [0.29, 0.717) is 10.2 Å². The molecule has 1 aliphatic rings. The SMILES string of the molecule is Cc1ccc(S(=O)(=O)N2CCN(C(=O)COc3ccc(F)cc3Br)CC2)cc1C. The molecule has 29 heavy (non-hydrogen) atoms. The van der Waals surface area contributed by atoms with Crippen molar-refractivity contribution in [2.75, 3.05) is 32.8 Å². The molecule has 0 unspecified atom stereocenters. The number of rotatable bonds is 5. The Morgan fingerprint density at radius 1 is 1.07 bits per heavy atom. The van der Waals surface area contributed by atoms with Crippen LogP contribution in [-0.2, 0) is 14.8 Å². The third-order valence-corrected chi connectivity index (χ3v) is 7.47. The maximum Gasteiger partial charge on any atom is 0.260 e. The van der Waals surface area contributed by atoms with E-state index in [1.165, 1.54) is 22.5 Å². The first-order chi connectivity index (χ1) is 13.7. The van der Waals surface area contributed by atoms with Crippen LogP contribution in [0.15, 0.2) is 45.8 Å². The van der Waals surface area contributed by atoms with Gasteiger partial charge in [-0.05, 0) is 71.2 Å². The molecule has 0 saturated carbocycles. The van der Waals surface area contributed by atoms with E-state index < -0.39 is 15.8 Å². The van der Waals surface area contributed by atoms with Crippen LogP contribution in [0.4, 0.5) is 4.39 Å². The summed E-state index contributed by atoms with van der Waals surface area (Å²) in [6, 6.07) is 9.05. The molecule has 1 heterocycles. The fourth-order valence-electron chi connectivity index (χ4n) is 3.02. The number of sulfonamides is 1. The molecule has 0 bridgehead atoms. The van der Waals surface area contributed by atoms with E-state index in [1.807, 2.05) is 13.8 Å². The smallest absolute Gasteiger partial charge is 0.260 e. The molecule has 0 spiro atoms. The van der Waals surface area contributed by atoms with Crippen molar-refractivity contribution in [3.05, 3.63) is 57.8 Å². The predicted octanol–water partition coefficient (Wildman–Crippen LogP) is 3.12. The lowest BCUT2D eigenvalue weighted by atomic mass is 10.1. The van der Waals surface area contributed by atoms with Crippen molar-refractivity contribution in [3.63, 3.8) is 0 Å². The highest BCUT2D eigenvalue weighted by Crippen LogP contribution is 2.25. The number of piperazine rings is 1. The second-order valence-electron chi connectivity index (χ2n) is 6.89. The van der Waals surface area contributed by atoms with Crippen LogP contribution in [0.1, 0.15) is 11.1 Å². The molecule has 0 N–H and O–H groups in total. The average Bonchev–Trinajstić information content (AvgIpc) is 2.69. The zero-order valence-corrected chi connectivity index (χ0v) is 18.6. The molecule has 0 aliphatic carbocycles. The minimum Gasteiger partial charge on any atom is -0.483 e. The fourth-order valence-corrected chi connectivity index (χ4v) is 5.00. The Hall–Kier alpha value is -1.97. The second-order valence-corrected chi connectivity index (χ2v) is 9.69. The zero-order valence-electron chi connectivity index (χ0n) is 16.2. The van der Waals surface area contributed by atoms with Gasteiger partial charge in [0.15, 0.2) is 6.61 Å². The first kappa shape index (κ1) is 21.7. The van der Waals surface area contributed by atoms with Crippen LogP contribution < -0.4 is 4.74 Å². The maximum absolute atomic E-state index is 13.1. The summed E-state index contributed by atoms with van der Waals surface area (Å²) in [5, 5.41) is 0. The van der Waals surface area contributed by atoms with E-state index in [-0.39, 0.29) is 43.6 Å². The van der Waals surface area contributed by atoms with Gasteiger partial charge in [0.25, 0.3) is 5.91 Å². The van der Waals surface area contributed by atoms with Crippen molar-refractivity contribution < 1.29 is 22.3 Å². The Morgan fingerprint density at radius 3 is 2.38 bits per heavy atom. The summed E-state index contributed by atoms with van der Waals surface area (Å²) >= 11 is 3.19. The standard InChI is InChI=1S/C20H22BrFN2O4S/c1-14-3-5-17(11-15(14)2)29(26,27)24-9-7-23(8-10-24)20(25)13-28-19-6-4-16(22)12-18(19)21/h3-6,11-12H,7-10,13H2,1-2H3. The van der Waals surface area contributed by atoms with Gasteiger partial charge in [0.2, 0.25) is 10.0 Å². The summed E-state index contributed by atoms with van der Waals surface area (Å²) in [7, 11) is -3.59. The number of ether oxygens (including phenoxy) is 1. The lowest BCUT2D eigenvalue weighted by Gasteiger charge is -2.34. The second kappa shape index (κ2) is 8.81. The van der Waals surface area contributed by atoms with Gasteiger partial charge in [0, 0.05) is 26.2 Å². The van der Waals surface area contributed by atoms with Crippen molar-refractivity contribution in [2.24, 2.45) is 0 Å². The molecule has 1 saturated heterocycles. The van der Waals surface area contributed by atoms with Gasteiger partial charge >= 0.3 is 0 Å². The Morgan fingerprint density at radius 2 is 1.76 bits per heavy atom. The number of amides is 1. The van der Waals surface area contributed by atoms with Crippen LogP contribution in [0.5, 0.6) is 5.75 Å². The average molecular weight is 485 g/mol. The van der Waals surface area contributed by atoms with E-state index in [4.69, 9.17) is 4.74 Å². The first-order valence-electron chi connectivity index (χ1n) is 9.11. The normalized spacial score (nSPS) is 15.4. The number of aryl methyl sites for hydroxylation is 2. The minimum atomic E-state index is -3.59. The summed E-state index contributed by atoms with van der Waals surface area (Å²) < 4.78 is 46.1. The van der Waals surface area contributed by atoms with Crippen LogP contribution in [0.3, 0.4) is 0 Å². The van der Waals surface area contributed by atoms with Crippen molar-refractivity contribution in [1.82, 2.24) is 9.21 Å². The van der Waals surface area contributed by atoms with Crippen molar-refractivity contribution in [2.45, 2.75) is 18.7 Å². The Balaban J connectivity index is 1.58. The number of carbonyl (C=O) groups excluding carboxylic acids is 1. The topological polar surface area (TPSA) is 66.9 Å².